The summed E-state index contributed by atoms with van der Waals surface area (Å²) in [6, 6.07) is 0. The molecule has 1 heterocycles. The number of likely N-dealkylation sites (tertiary alicyclic amines) is 1. The van der Waals surface area contributed by atoms with E-state index in [1.165, 1.54) is 0 Å². The molecule has 0 N–H and O–H groups in total. The number of amides is 1. The summed E-state index contributed by atoms with van der Waals surface area (Å²) < 4.78 is 4.99. The smallest absolute Gasteiger partial charge is 0.222 e. The number of hydrogen-bond acceptors (Lipinski definition) is 2. The molecule has 1 aliphatic heterocycles. The van der Waals surface area contributed by atoms with Crippen molar-refractivity contribution in [1.82, 2.24) is 4.90 Å². The lowest BCUT2D eigenvalue weighted by atomic mass is 9.98. The predicted octanol–water partition coefficient (Wildman–Crippen LogP) is 0.501. The molecule has 3 heteroatoms. The summed E-state index contributed by atoms with van der Waals surface area (Å²) in [6.07, 6.45) is 1.74. The van der Waals surface area contributed by atoms with Gasteiger partial charge in [0.2, 0.25) is 5.91 Å². The van der Waals surface area contributed by atoms with Gasteiger partial charge in [0.25, 0.3) is 0 Å². The second-order valence-corrected chi connectivity index (χ2v) is 3.13. The van der Waals surface area contributed by atoms with Crippen LogP contribution in [-0.2, 0) is 9.53 Å². The van der Waals surface area contributed by atoms with Crippen LogP contribution in [0.1, 0.15) is 12.8 Å². The minimum absolute atomic E-state index is 0.248. The summed E-state index contributed by atoms with van der Waals surface area (Å²) in [5.74, 6) is 0.696. The van der Waals surface area contributed by atoms with Gasteiger partial charge in [-0.15, -0.1) is 0 Å². The van der Waals surface area contributed by atoms with Gasteiger partial charge in [-0.25, -0.2) is 0 Å². The number of ether oxygens (including phenoxy) is 1. The first-order chi connectivity index (χ1) is 5.24. The molecule has 1 atom stereocenters. The zero-order chi connectivity index (χ0) is 8.27. The number of piperidine rings is 1. The molecule has 0 spiro atoms. The van der Waals surface area contributed by atoms with Crippen molar-refractivity contribution in [2.45, 2.75) is 12.8 Å². The molecule has 1 saturated heterocycles. The summed E-state index contributed by atoms with van der Waals surface area (Å²) in [4.78, 5) is 12.9. The van der Waals surface area contributed by atoms with Crippen LogP contribution in [0, 0.1) is 5.92 Å². The Labute approximate surface area is 67.3 Å². The van der Waals surface area contributed by atoms with Gasteiger partial charge in [0.1, 0.15) is 0 Å². The second-order valence-electron chi connectivity index (χ2n) is 3.13. The van der Waals surface area contributed by atoms with Crippen molar-refractivity contribution < 1.29 is 9.53 Å². The van der Waals surface area contributed by atoms with E-state index in [0.717, 1.165) is 19.6 Å². The van der Waals surface area contributed by atoms with E-state index in [0.29, 0.717) is 12.3 Å². The minimum Gasteiger partial charge on any atom is -0.384 e. The van der Waals surface area contributed by atoms with Gasteiger partial charge in [0, 0.05) is 33.7 Å². The maximum atomic E-state index is 11.1. The molecule has 0 aromatic rings. The van der Waals surface area contributed by atoms with Crippen LogP contribution in [-0.4, -0.2) is 38.1 Å². The molecule has 11 heavy (non-hydrogen) atoms. The van der Waals surface area contributed by atoms with E-state index < -0.39 is 0 Å². The Morgan fingerprint density at radius 2 is 2.45 bits per heavy atom. The summed E-state index contributed by atoms with van der Waals surface area (Å²) >= 11 is 0. The highest BCUT2D eigenvalue weighted by molar-refractivity contribution is 5.76. The molecule has 0 aliphatic carbocycles. The van der Waals surface area contributed by atoms with Gasteiger partial charge in [0.05, 0.1) is 0 Å². The van der Waals surface area contributed by atoms with Gasteiger partial charge in [-0.2, -0.15) is 0 Å². The lowest BCUT2D eigenvalue weighted by molar-refractivity contribution is -0.134. The number of carbonyl (C=O) groups excluding carboxylic acids is 1. The van der Waals surface area contributed by atoms with Crippen LogP contribution in [0.3, 0.4) is 0 Å². The molecule has 64 valence electrons. The lowest BCUT2D eigenvalue weighted by Gasteiger charge is -2.28. The largest absolute Gasteiger partial charge is 0.384 e. The standard InChI is InChI=1S/C8H15NO2/c1-9-4-3-7(6-11-2)5-8(9)10/h7H,3-6H2,1-2H3. The molecule has 1 fully saturated rings. The van der Waals surface area contributed by atoms with E-state index >= 15 is 0 Å². The highest BCUT2D eigenvalue weighted by Crippen LogP contribution is 2.16. The second kappa shape index (κ2) is 3.72. The third-order valence-corrected chi connectivity index (χ3v) is 2.16. The van der Waals surface area contributed by atoms with E-state index in [1.54, 1.807) is 12.0 Å². The van der Waals surface area contributed by atoms with Crippen molar-refractivity contribution in [1.29, 1.82) is 0 Å². The van der Waals surface area contributed by atoms with Crippen molar-refractivity contribution >= 4 is 5.91 Å². The van der Waals surface area contributed by atoms with Crippen LogP contribution in [0.15, 0.2) is 0 Å². The van der Waals surface area contributed by atoms with Crippen LogP contribution < -0.4 is 0 Å². The van der Waals surface area contributed by atoms with Gasteiger partial charge in [0.15, 0.2) is 0 Å². The third-order valence-electron chi connectivity index (χ3n) is 2.16. The Kier molecular flexibility index (Phi) is 2.88. The predicted molar refractivity (Wildman–Crippen MR) is 42.2 cm³/mol. The molecule has 0 aromatic carbocycles. The van der Waals surface area contributed by atoms with Gasteiger partial charge >= 0.3 is 0 Å². The molecule has 0 bridgehead atoms. The number of methoxy groups -OCH3 is 1. The average molecular weight is 157 g/mol. The van der Waals surface area contributed by atoms with Gasteiger partial charge < -0.3 is 9.64 Å². The zero-order valence-corrected chi connectivity index (χ0v) is 7.17. The Morgan fingerprint density at radius 1 is 1.73 bits per heavy atom. The van der Waals surface area contributed by atoms with Crippen molar-refractivity contribution in [2.24, 2.45) is 5.92 Å². The summed E-state index contributed by atoms with van der Waals surface area (Å²) in [6.45, 7) is 1.60. The summed E-state index contributed by atoms with van der Waals surface area (Å²) in [7, 11) is 3.54. The van der Waals surface area contributed by atoms with E-state index in [1.807, 2.05) is 7.05 Å². The maximum Gasteiger partial charge on any atom is 0.222 e. The van der Waals surface area contributed by atoms with E-state index in [9.17, 15) is 4.79 Å². The number of carbonyl (C=O) groups is 1. The molecule has 1 amide bonds. The van der Waals surface area contributed by atoms with Gasteiger partial charge in [-0.3, -0.25) is 4.79 Å². The average Bonchev–Trinajstić information content (AvgIpc) is 1.98. The molecule has 0 aromatic heterocycles. The lowest BCUT2D eigenvalue weighted by Crippen LogP contribution is -2.36. The quantitative estimate of drug-likeness (QED) is 0.584. The van der Waals surface area contributed by atoms with Crippen LogP contribution in [0.4, 0.5) is 0 Å². The van der Waals surface area contributed by atoms with Crippen molar-refractivity contribution in [3.63, 3.8) is 0 Å². The summed E-state index contributed by atoms with van der Waals surface area (Å²) in [5, 5.41) is 0. The fraction of sp³-hybridized carbons (Fsp3) is 0.875. The third kappa shape index (κ3) is 2.19. The van der Waals surface area contributed by atoms with Crippen LogP contribution in [0.25, 0.3) is 0 Å². The van der Waals surface area contributed by atoms with Crippen LogP contribution in [0.2, 0.25) is 0 Å². The van der Waals surface area contributed by atoms with Crippen LogP contribution >= 0.6 is 0 Å². The van der Waals surface area contributed by atoms with E-state index in [4.69, 9.17) is 4.74 Å². The monoisotopic (exact) mass is 157 g/mol. The van der Waals surface area contributed by atoms with Gasteiger partial charge in [-0.05, 0) is 12.3 Å². The molecular formula is C8H15NO2. The normalized spacial score (nSPS) is 25.8. The highest BCUT2D eigenvalue weighted by atomic mass is 16.5. The highest BCUT2D eigenvalue weighted by Gasteiger charge is 2.22. The van der Waals surface area contributed by atoms with Crippen LogP contribution in [0.5, 0.6) is 0 Å². The Hall–Kier alpha value is -0.570. The Morgan fingerprint density at radius 3 is 3.00 bits per heavy atom. The topological polar surface area (TPSA) is 29.5 Å². The Bertz CT molecular complexity index is 147. The Balaban J connectivity index is 2.34. The molecule has 1 unspecified atom stereocenters. The van der Waals surface area contributed by atoms with E-state index in [2.05, 4.69) is 0 Å². The van der Waals surface area contributed by atoms with Crippen molar-refractivity contribution in [3.8, 4) is 0 Å². The molecule has 1 aliphatic rings. The first kappa shape index (κ1) is 8.53. The maximum absolute atomic E-state index is 11.1. The molecule has 3 nitrogen and oxygen atoms in total. The number of rotatable bonds is 2. The molecular weight excluding hydrogens is 142 g/mol. The molecule has 1 rings (SSSR count). The first-order valence-corrected chi connectivity index (χ1v) is 3.97. The van der Waals surface area contributed by atoms with E-state index in [-0.39, 0.29) is 5.91 Å². The van der Waals surface area contributed by atoms with Crippen molar-refractivity contribution in [2.75, 3.05) is 27.3 Å². The summed E-state index contributed by atoms with van der Waals surface area (Å²) in [5.41, 5.74) is 0. The molecule has 0 radical (unpaired) electrons. The van der Waals surface area contributed by atoms with Crippen molar-refractivity contribution in [3.05, 3.63) is 0 Å². The number of hydrogen-bond donors (Lipinski definition) is 0. The SMILES string of the molecule is COCC1CCN(C)C(=O)C1. The van der Waals surface area contributed by atoms with Gasteiger partial charge in [-0.1, -0.05) is 0 Å². The zero-order valence-electron chi connectivity index (χ0n) is 7.17. The fourth-order valence-electron chi connectivity index (χ4n) is 1.38. The molecule has 0 saturated carbocycles. The minimum atomic E-state index is 0.248. The fourth-order valence-corrected chi connectivity index (χ4v) is 1.38. The number of nitrogens with zero attached hydrogens (tertiary/aromatic N) is 1. The first-order valence-electron chi connectivity index (χ1n) is 3.97.